The zero-order valence-corrected chi connectivity index (χ0v) is 16.2. The Balaban J connectivity index is 2.15. The molecule has 9 nitrogen and oxygen atoms in total. The number of hydrogen-bond donors (Lipinski definition) is 0. The lowest BCUT2D eigenvalue weighted by Gasteiger charge is -2.22. The smallest absolute Gasteiger partial charge is 0.303 e. The minimum absolute atomic E-state index is 0.0186. The van der Waals surface area contributed by atoms with E-state index in [1.54, 1.807) is 12.1 Å². The summed E-state index contributed by atoms with van der Waals surface area (Å²) in [5.74, 6) is -1.28. The van der Waals surface area contributed by atoms with Crippen LogP contribution >= 0.6 is 0 Å². The van der Waals surface area contributed by atoms with Crippen molar-refractivity contribution in [3.8, 4) is 0 Å². The third-order valence-electron chi connectivity index (χ3n) is 3.80. The molecule has 1 saturated heterocycles. The number of rotatable bonds is 7. The average Bonchev–Trinajstić information content (AvgIpc) is 2.89. The van der Waals surface area contributed by atoms with Crippen molar-refractivity contribution in [1.29, 1.82) is 0 Å². The maximum atomic E-state index is 12.3. The van der Waals surface area contributed by atoms with Crippen LogP contribution in [0.25, 0.3) is 0 Å². The summed E-state index contributed by atoms with van der Waals surface area (Å²) < 4.78 is 50.6. The van der Waals surface area contributed by atoms with Gasteiger partial charge in [-0.05, 0) is 19.1 Å². The Morgan fingerprint density at radius 2 is 1.59 bits per heavy atom. The summed E-state index contributed by atoms with van der Waals surface area (Å²) >= 11 is 0. The van der Waals surface area contributed by atoms with Crippen LogP contribution in [0.3, 0.4) is 0 Å². The van der Waals surface area contributed by atoms with Crippen LogP contribution in [0.15, 0.2) is 29.2 Å². The van der Waals surface area contributed by atoms with Gasteiger partial charge in [-0.15, -0.1) is 0 Å². The van der Waals surface area contributed by atoms with Crippen LogP contribution in [0.2, 0.25) is 0 Å². The normalized spacial score (nSPS) is 25.2. The Bertz CT molecular complexity index is 772. The van der Waals surface area contributed by atoms with Gasteiger partial charge in [-0.3, -0.25) is 13.8 Å². The van der Waals surface area contributed by atoms with Crippen molar-refractivity contribution in [3.05, 3.63) is 29.8 Å². The predicted octanol–water partition coefficient (Wildman–Crippen LogP) is 0.935. The molecule has 0 aromatic heterocycles. The summed E-state index contributed by atoms with van der Waals surface area (Å²) in [6.45, 7) is 3.73. The number of esters is 2. The van der Waals surface area contributed by atoms with Gasteiger partial charge in [0.15, 0.2) is 18.5 Å². The Labute approximate surface area is 157 Å². The first-order valence-corrected chi connectivity index (χ1v) is 9.53. The molecule has 1 fully saturated rings. The van der Waals surface area contributed by atoms with E-state index in [1.807, 2.05) is 6.92 Å². The number of benzene rings is 1. The van der Waals surface area contributed by atoms with Crippen LogP contribution in [0.1, 0.15) is 19.4 Å². The van der Waals surface area contributed by atoms with Gasteiger partial charge in [-0.1, -0.05) is 17.7 Å². The minimum Gasteiger partial charge on any atom is -0.455 e. The maximum absolute atomic E-state index is 12.3. The molecule has 1 aromatic carbocycles. The molecule has 0 spiro atoms. The fraction of sp³-hybridized carbons (Fsp3) is 0.529. The van der Waals surface area contributed by atoms with Gasteiger partial charge in [0.1, 0.15) is 6.10 Å². The van der Waals surface area contributed by atoms with E-state index >= 15 is 0 Å². The molecule has 1 aliphatic rings. The highest BCUT2D eigenvalue weighted by Crippen LogP contribution is 2.28. The Hall–Kier alpha value is -2.01. The molecule has 1 aliphatic heterocycles. The zero-order valence-electron chi connectivity index (χ0n) is 15.4. The van der Waals surface area contributed by atoms with Crippen molar-refractivity contribution >= 4 is 22.1 Å². The number of methoxy groups -OCH3 is 1. The first kappa shape index (κ1) is 21.3. The second-order valence-electron chi connectivity index (χ2n) is 5.98. The van der Waals surface area contributed by atoms with E-state index in [9.17, 15) is 18.0 Å². The van der Waals surface area contributed by atoms with Gasteiger partial charge in [0.25, 0.3) is 10.1 Å². The largest absolute Gasteiger partial charge is 0.455 e. The SMILES string of the molecule is COC1O[C@H](COS(=O)(=O)c2ccc(C)cc2)[C@@H](OC(C)=O)[C@@H]1OC(C)=O. The van der Waals surface area contributed by atoms with Crippen LogP contribution in [-0.4, -0.2) is 58.7 Å². The summed E-state index contributed by atoms with van der Waals surface area (Å²) in [6.07, 6.45) is -4.17. The predicted molar refractivity (Wildman–Crippen MR) is 91.1 cm³/mol. The Morgan fingerprint density at radius 3 is 2.11 bits per heavy atom. The molecule has 2 rings (SSSR count). The zero-order chi connectivity index (χ0) is 20.2. The van der Waals surface area contributed by atoms with Crippen molar-refractivity contribution < 1.29 is 41.1 Å². The van der Waals surface area contributed by atoms with Crippen LogP contribution in [-0.2, 0) is 42.8 Å². The lowest BCUT2D eigenvalue weighted by atomic mass is 10.1. The molecule has 1 aromatic rings. The van der Waals surface area contributed by atoms with Gasteiger partial charge < -0.3 is 18.9 Å². The van der Waals surface area contributed by atoms with E-state index in [0.29, 0.717) is 0 Å². The summed E-state index contributed by atoms with van der Waals surface area (Å²) in [4.78, 5) is 22.7. The van der Waals surface area contributed by atoms with E-state index < -0.39 is 53.3 Å². The van der Waals surface area contributed by atoms with Crippen LogP contribution < -0.4 is 0 Å². The summed E-state index contributed by atoms with van der Waals surface area (Å²) in [5.41, 5.74) is 0.898. The maximum Gasteiger partial charge on any atom is 0.303 e. The minimum atomic E-state index is -4.05. The van der Waals surface area contributed by atoms with Crippen molar-refractivity contribution in [2.45, 2.75) is 50.3 Å². The van der Waals surface area contributed by atoms with Gasteiger partial charge in [0.05, 0.1) is 11.5 Å². The number of hydrogen-bond acceptors (Lipinski definition) is 9. The van der Waals surface area contributed by atoms with E-state index in [1.165, 1.54) is 33.1 Å². The molecule has 0 aliphatic carbocycles. The highest BCUT2D eigenvalue weighted by atomic mass is 32.2. The first-order chi connectivity index (χ1) is 12.6. The highest BCUT2D eigenvalue weighted by molar-refractivity contribution is 7.86. The van der Waals surface area contributed by atoms with E-state index in [-0.39, 0.29) is 4.90 Å². The second kappa shape index (κ2) is 8.79. The molecule has 0 saturated carbocycles. The van der Waals surface area contributed by atoms with Gasteiger partial charge in [-0.25, -0.2) is 0 Å². The third-order valence-corrected chi connectivity index (χ3v) is 5.10. The molecule has 0 N–H and O–H groups in total. The highest BCUT2D eigenvalue weighted by Gasteiger charge is 2.50. The summed E-state index contributed by atoms with van der Waals surface area (Å²) in [6, 6.07) is 6.12. The summed E-state index contributed by atoms with van der Waals surface area (Å²) in [7, 11) is -2.73. The molecule has 10 heteroatoms. The topological polar surface area (TPSA) is 114 Å². The number of aryl methyl sites for hydroxylation is 1. The lowest BCUT2D eigenvalue weighted by molar-refractivity contribution is -0.180. The van der Waals surface area contributed by atoms with Crippen molar-refractivity contribution in [1.82, 2.24) is 0 Å². The Morgan fingerprint density at radius 1 is 1.04 bits per heavy atom. The Kier molecular flexibility index (Phi) is 6.93. The van der Waals surface area contributed by atoms with Gasteiger partial charge in [0, 0.05) is 21.0 Å². The quantitative estimate of drug-likeness (QED) is 0.485. The molecule has 4 atom stereocenters. The molecule has 1 heterocycles. The number of carbonyl (C=O) groups is 2. The fourth-order valence-electron chi connectivity index (χ4n) is 2.60. The molecular weight excluding hydrogens is 380 g/mol. The molecule has 0 amide bonds. The molecule has 0 bridgehead atoms. The molecule has 0 radical (unpaired) electrons. The molecule has 1 unspecified atom stereocenters. The van der Waals surface area contributed by atoms with Crippen molar-refractivity contribution in [3.63, 3.8) is 0 Å². The fourth-order valence-corrected chi connectivity index (χ4v) is 3.51. The van der Waals surface area contributed by atoms with Crippen molar-refractivity contribution in [2.24, 2.45) is 0 Å². The monoisotopic (exact) mass is 402 g/mol. The molecule has 150 valence electrons. The second-order valence-corrected chi connectivity index (χ2v) is 7.59. The van der Waals surface area contributed by atoms with Gasteiger partial charge >= 0.3 is 11.9 Å². The van der Waals surface area contributed by atoms with E-state index in [2.05, 4.69) is 0 Å². The van der Waals surface area contributed by atoms with Crippen molar-refractivity contribution in [2.75, 3.05) is 13.7 Å². The van der Waals surface area contributed by atoms with Gasteiger partial charge in [-0.2, -0.15) is 8.42 Å². The number of ether oxygens (including phenoxy) is 4. The molecule has 27 heavy (non-hydrogen) atoms. The standard InChI is InChI=1S/C17H22O9S/c1-10-5-7-13(8-6-10)27(20,21)23-9-14-15(24-11(2)18)16(25-12(3)19)17(22-4)26-14/h5-8,14-17H,9H2,1-4H3/t14-,15-,16+,17?/m1/s1. The number of carbonyl (C=O) groups excluding carboxylic acids is 2. The summed E-state index contributed by atoms with van der Waals surface area (Å²) in [5, 5.41) is 0. The van der Waals surface area contributed by atoms with Gasteiger partial charge in [0.2, 0.25) is 0 Å². The van der Waals surface area contributed by atoms with E-state index in [0.717, 1.165) is 5.56 Å². The average molecular weight is 402 g/mol. The van der Waals surface area contributed by atoms with Crippen LogP contribution in [0.5, 0.6) is 0 Å². The first-order valence-electron chi connectivity index (χ1n) is 8.13. The third kappa shape index (κ3) is 5.48. The van der Waals surface area contributed by atoms with E-state index in [4.69, 9.17) is 23.1 Å². The van der Waals surface area contributed by atoms with Crippen LogP contribution in [0.4, 0.5) is 0 Å². The van der Waals surface area contributed by atoms with Crippen LogP contribution in [0, 0.1) is 6.92 Å². The molecular formula is C17H22O9S. The lowest BCUT2D eigenvalue weighted by Crippen LogP contribution is -2.41.